The second kappa shape index (κ2) is 4.71. The lowest BCUT2D eigenvalue weighted by Gasteiger charge is -2.11. The minimum absolute atomic E-state index is 0.100. The Morgan fingerprint density at radius 2 is 1.92 bits per heavy atom. The van der Waals surface area contributed by atoms with Crippen LogP contribution in [0.25, 0.3) is 0 Å². The fraction of sp³-hybridized carbons (Fsp3) is 0.714. The molecule has 0 aromatic rings. The maximum atomic E-state index is 10.7. The van der Waals surface area contributed by atoms with Crippen molar-refractivity contribution in [2.45, 2.75) is 20.3 Å². The van der Waals surface area contributed by atoms with Gasteiger partial charge in [0.15, 0.2) is 0 Å². The molecule has 0 spiro atoms. The van der Waals surface area contributed by atoms with Gasteiger partial charge in [-0.05, 0) is 12.3 Å². The molecule has 0 saturated heterocycles. The minimum atomic E-state index is -1.21. The van der Waals surface area contributed by atoms with E-state index < -0.39 is 17.8 Å². The van der Waals surface area contributed by atoms with Gasteiger partial charge in [-0.15, -0.1) is 0 Å². The Morgan fingerprint density at radius 3 is 2.17 bits per heavy atom. The number of amides is 1. The summed E-state index contributed by atoms with van der Waals surface area (Å²) in [6.07, 6.45) is 0.224. The number of nitrogens with one attached hydrogen (secondary N) is 1. The molecule has 1 amide bonds. The van der Waals surface area contributed by atoms with Crippen molar-refractivity contribution in [1.82, 2.24) is 5.48 Å². The van der Waals surface area contributed by atoms with Crippen molar-refractivity contribution < 1.29 is 19.9 Å². The van der Waals surface area contributed by atoms with E-state index in [2.05, 4.69) is 0 Å². The number of carbonyl (C=O) groups is 2. The van der Waals surface area contributed by atoms with Crippen LogP contribution >= 0.6 is 0 Å². The molecule has 70 valence electrons. The largest absolute Gasteiger partial charge is 0.481 e. The first kappa shape index (κ1) is 10.9. The van der Waals surface area contributed by atoms with E-state index in [1.807, 2.05) is 0 Å². The second-order valence-electron chi connectivity index (χ2n) is 3.00. The van der Waals surface area contributed by atoms with Gasteiger partial charge in [0.05, 0.1) is 0 Å². The van der Waals surface area contributed by atoms with Crippen LogP contribution in [0.1, 0.15) is 20.3 Å². The molecule has 1 atom stereocenters. The number of hydroxylamine groups is 1. The fourth-order valence-electron chi connectivity index (χ4n) is 0.869. The van der Waals surface area contributed by atoms with Gasteiger partial charge in [-0.1, -0.05) is 13.8 Å². The highest BCUT2D eigenvalue weighted by Gasteiger charge is 2.26. The van der Waals surface area contributed by atoms with Crippen molar-refractivity contribution in [3.8, 4) is 0 Å². The molecule has 0 bridgehead atoms. The molecule has 0 radical (unpaired) electrons. The summed E-state index contributed by atoms with van der Waals surface area (Å²) in [5.41, 5.74) is 1.33. The number of hydrogen-bond donors (Lipinski definition) is 3. The third-order valence-corrected chi connectivity index (χ3v) is 1.43. The zero-order valence-corrected chi connectivity index (χ0v) is 7.07. The Labute approximate surface area is 70.3 Å². The Balaban J connectivity index is 4.23. The fourth-order valence-corrected chi connectivity index (χ4v) is 0.869. The van der Waals surface area contributed by atoms with Crippen LogP contribution in [0.3, 0.4) is 0 Å². The van der Waals surface area contributed by atoms with Crippen molar-refractivity contribution >= 4 is 11.9 Å². The Morgan fingerprint density at radius 1 is 1.42 bits per heavy atom. The van der Waals surface area contributed by atoms with Gasteiger partial charge in [0.25, 0.3) is 5.91 Å². The van der Waals surface area contributed by atoms with Gasteiger partial charge in [0.1, 0.15) is 5.92 Å². The predicted molar refractivity (Wildman–Crippen MR) is 40.5 cm³/mol. The molecule has 0 aliphatic carbocycles. The molecule has 5 nitrogen and oxygen atoms in total. The smallest absolute Gasteiger partial charge is 0.316 e. The van der Waals surface area contributed by atoms with Gasteiger partial charge in [-0.2, -0.15) is 0 Å². The topological polar surface area (TPSA) is 86.6 Å². The molecule has 3 N–H and O–H groups in total. The van der Waals surface area contributed by atoms with Gasteiger partial charge < -0.3 is 5.11 Å². The summed E-state index contributed by atoms with van der Waals surface area (Å²) < 4.78 is 0. The molecule has 0 aromatic carbocycles. The monoisotopic (exact) mass is 175 g/mol. The number of rotatable bonds is 4. The number of carboxylic acids is 1. The molecule has 5 heteroatoms. The van der Waals surface area contributed by atoms with Crippen molar-refractivity contribution in [2.75, 3.05) is 0 Å². The van der Waals surface area contributed by atoms with Crippen molar-refractivity contribution in [1.29, 1.82) is 0 Å². The van der Waals surface area contributed by atoms with Gasteiger partial charge >= 0.3 is 5.97 Å². The molecule has 1 unspecified atom stereocenters. The number of hydrogen-bond acceptors (Lipinski definition) is 3. The predicted octanol–water partition coefficient (Wildman–Crippen LogP) is 0.239. The van der Waals surface area contributed by atoms with Crippen LogP contribution in [0.15, 0.2) is 0 Å². The first-order valence-corrected chi connectivity index (χ1v) is 3.65. The highest BCUT2D eigenvalue weighted by atomic mass is 16.5. The summed E-state index contributed by atoms with van der Waals surface area (Å²) in [5.74, 6) is -3.13. The van der Waals surface area contributed by atoms with E-state index in [1.54, 1.807) is 13.8 Å². The first-order chi connectivity index (χ1) is 5.49. The summed E-state index contributed by atoms with van der Waals surface area (Å²) in [6.45, 7) is 3.61. The lowest BCUT2D eigenvalue weighted by molar-refractivity contribution is -0.150. The van der Waals surface area contributed by atoms with Crippen molar-refractivity contribution in [2.24, 2.45) is 11.8 Å². The molecule has 0 heterocycles. The highest BCUT2D eigenvalue weighted by Crippen LogP contribution is 2.11. The van der Waals surface area contributed by atoms with E-state index in [0.29, 0.717) is 0 Å². The summed E-state index contributed by atoms with van der Waals surface area (Å²) in [4.78, 5) is 21.2. The van der Waals surface area contributed by atoms with E-state index in [0.717, 1.165) is 0 Å². The van der Waals surface area contributed by atoms with Crippen LogP contribution < -0.4 is 5.48 Å². The summed E-state index contributed by atoms with van der Waals surface area (Å²) in [5, 5.41) is 16.8. The van der Waals surface area contributed by atoms with E-state index in [-0.39, 0.29) is 12.3 Å². The molecule has 0 fully saturated rings. The van der Waals surface area contributed by atoms with Crippen LogP contribution in [0, 0.1) is 11.8 Å². The van der Waals surface area contributed by atoms with Gasteiger partial charge in [-0.3, -0.25) is 14.8 Å². The third-order valence-electron chi connectivity index (χ3n) is 1.43. The van der Waals surface area contributed by atoms with Gasteiger partial charge in [-0.25, -0.2) is 5.48 Å². The normalized spacial score (nSPS) is 12.7. The molecule has 0 rings (SSSR count). The van der Waals surface area contributed by atoms with Gasteiger partial charge in [0.2, 0.25) is 0 Å². The van der Waals surface area contributed by atoms with E-state index in [4.69, 9.17) is 10.3 Å². The zero-order valence-electron chi connectivity index (χ0n) is 7.07. The standard InChI is InChI=1S/C7H13NO4/c1-4(2)3-5(7(10)11)6(9)8-12/h4-5,12H,3H2,1-2H3,(H,8,9)(H,10,11). The molecule has 0 aliphatic rings. The Bertz CT molecular complexity index is 178. The van der Waals surface area contributed by atoms with Crippen molar-refractivity contribution in [3.63, 3.8) is 0 Å². The summed E-state index contributed by atoms with van der Waals surface area (Å²) in [6, 6.07) is 0. The molecular weight excluding hydrogens is 162 g/mol. The molecule has 0 aromatic heterocycles. The average molecular weight is 175 g/mol. The van der Waals surface area contributed by atoms with Crippen molar-refractivity contribution in [3.05, 3.63) is 0 Å². The number of aliphatic carboxylic acids is 1. The minimum Gasteiger partial charge on any atom is -0.481 e. The number of carbonyl (C=O) groups excluding carboxylic acids is 1. The third kappa shape index (κ3) is 3.34. The second-order valence-corrected chi connectivity index (χ2v) is 3.00. The summed E-state index contributed by atoms with van der Waals surface area (Å²) in [7, 11) is 0. The quantitative estimate of drug-likeness (QED) is 0.324. The Kier molecular flexibility index (Phi) is 4.28. The van der Waals surface area contributed by atoms with Gasteiger partial charge in [0, 0.05) is 0 Å². The summed E-state index contributed by atoms with van der Waals surface area (Å²) >= 11 is 0. The number of carboxylic acid groups (broad SMARTS) is 1. The SMILES string of the molecule is CC(C)CC(C(=O)O)C(=O)NO. The molecular formula is C7H13NO4. The molecule has 12 heavy (non-hydrogen) atoms. The highest BCUT2D eigenvalue weighted by molar-refractivity contribution is 5.96. The van der Waals surface area contributed by atoms with Crippen LogP contribution in [-0.4, -0.2) is 22.2 Å². The van der Waals surface area contributed by atoms with Crippen LogP contribution in [0.4, 0.5) is 0 Å². The molecule has 0 aliphatic heterocycles. The molecule has 0 saturated carbocycles. The van der Waals surface area contributed by atoms with Crippen LogP contribution in [0.2, 0.25) is 0 Å². The maximum absolute atomic E-state index is 10.7. The maximum Gasteiger partial charge on any atom is 0.316 e. The van der Waals surface area contributed by atoms with Crippen LogP contribution in [-0.2, 0) is 9.59 Å². The average Bonchev–Trinajstić information content (AvgIpc) is 1.98. The van der Waals surface area contributed by atoms with E-state index >= 15 is 0 Å². The van der Waals surface area contributed by atoms with E-state index in [9.17, 15) is 9.59 Å². The lowest BCUT2D eigenvalue weighted by Crippen LogP contribution is -2.34. The first-order valence-electron chi connectivity index (χ1n) is 3.65. The Hall–Kier alpha value is -1.10. The van der Waals surface area contributed by atoms with Crippen LogP contribution in [0.5, 0.6) is 0 Å². The zero-order chi connectivity index (χ0) is 9.72. The van der Waals surface area contributed by atoms with E-state index in [1.165, 1.54) is 5.48 Å². The lowest BCUT2D eigenvalue weighted by atomic mass is 9.97.